The molecule has 21 heavy (non-hydrogen) atoms. The lowest BCUT2D eigenvalue weighted by atomic mass is 10.2. The second-order valence-corrected chi connectivity index (χ2v) is 6.30. The monoisotopic (exact) mass is 300 g/mol. The van der Waals surface area contributed by atoms with Crippen molar-refractivity contribution in [3.05, 3.63) is 54.6 Å². The maximum atomic E-state index is 5.78. The van der Waals surface area contributed by atoms with Crippen molar-refractivity contribution in [3.63, 3.8) is 0 Å². The molecule has 112 valence electrons. The summed E-state index contributed by atoms with van der Waals surface area (Å²) in [5.41, 5.74) is 0. The number of hydrogen-bond donors (Lipinski definition) is 0. The van der Waals surface area contributed by atoms with Crippen LogP contribution in [0.2, 0.25) is 0 Å². The first kappa shape index (κ1) is 16.0. The fraction of sp³-hybridized carbons (Fsp3) is 0.368. The van der Waals surface area contributed by atoms with Gasteiger partial charge >= 0.3 is 0 Å². The number of rotatable bonds is 9. The van der Waals surface area contributed by atoms with Crippen LogP contribution in [0, 0.1) is 0 Å². The Morgan fingerprint density at radius 1 is 0.762 bits per heavy atom. The molecule has 0 bridgehead atoms. The quantitative estimate of drug-likeness (QED) is 0.511. The summed E-state index contributed by atoms with van der Waals surface area (Å²) >= 11 is 1.78. The van der Waals surface area contributed by atoms with Crippen LogP contribution in [0.15, 0.2) is 64.4 Å². The summed E-state index contributed by atoms with van der Waals surface area (Å²) in [6.07, 6.45) is 6.38. The molecule has 0 aliphatic carbocycles. The Bertz CT molecular complexity index is 493. The van der Waals surface area contributed by atoms with E-state index in [1.807, 2.05) is 6.07 Å². The molecule has 0 spiro atoms. The Kier molecular flexibility index (Phi) is 7.23. The van der Waals surface area contributed by atoms with Gasteiger partial charge in [0.05, 0.1) is 6.61 Å². The molecule has 0 atom stereocenters. The van der Waals surface area contributed by atoms with Gasteiger partial charge in [-0.25, -0.2) is 0 Å². The van der Waals surface area contributed by atoms with E-state index in [0.717, 1.165) is 18.8 Å². The van der Waals surface area contributed by atoms with Gasteiger partial charge in [-0.3, -0.25) is 0 Å². The van der Waals surface area contributed by atoms with Gasteiger partial charge in [0.25, 0.3) is 0 Å². The zero-order chi connectivity index (χ0) is 14.8. The predicted molar refractivity (Wildman–Crippen MR) is 91.3 cm³/mol. The van der Waals surface area contributed by atoms with Gasteiger partial charge in [-0.1, -0.05) is 62.6 Å². The van der Waals surface area contributed by atoms with E-state index in [1.165, 1.54) is 35.5 Å². The van der Waals surface area contributed by atoms with Crippen LogP contribution in [0.25, 0.3) is 0 Å². The van der Waals surface area contributed by atoms with Gasteiger partial charge in [-0.15, -0.1) is 0 Å². The van der Waals surface area contributed by atoms with E-state index in [1.54, 1.807) is 11.8 Å². The summed E-state index contributed by atoms with van der Waals surface area (Å²) in [4.78, 5) is 2.51. The summed E-state index contributed by atoms with van der Waals surface area (Å²) in [6.45, 7) is 3.07. The van der Waals surface area contributed by atoms with Crippen LogP contribution in [0.4, 0.5) is 0 Å². The zero-order valence-electron chi connectivity index (χ0n) is 12.8. The predicted octanol–water partition coefficient (Wildman–Crippen LogP) is 6.19. The zero-order valence-corrected chi connectivity index (χ0v) is 13.6. The van der Waals surface area contributed by atoms with E-state index in [4.69, 9.17) is 4.74 Å². The largest absolute Gasteiger partial charge is 0.494 e. The second kappa shape index (κ2) is 9.51. The summed E-state index contributed by atoms with van der Waals surface area (Å²) in [5, 5.41) is 0. The lowest BCUT2D eigenvalue weighted by Crippen LogP contribution is -1.96. The number of ether oxygens (including phenoxy) is 1. The number of unbranched alkanes of at least 4 members (excludes halogenated alkanes) is 4. The standard InChI is InChI=1S/C19H24OS/c1-2-3-4-5-9-16-20-17-12-14-19(15-13-17)21-18-10-7-6-8-11-18/h6-8,10-15H,2-5,9,16H2,1H3. The van der Waals surface area contributed by atoms with E-state index in [9.17, 15) is 0 Å². The van der Waals surface area contributed by atoms with Gasteiger partial charge in [-0.05, 0) is 42.8 Å². The van der Waals surface area contributed by atoms with E-state index in [-0.39, 0.29) is 0 Å². The normalized spacial score (nSPS) is 10.5. The van der Waals surface area contributed by atoms with Crippen molar-refractivity contribution in [3.8, 4) is 5.75 Å². The van der Waals surface area contributed by atoms with Crippen molar-refractivity contribution in [1.29, 1.82) is 0 Å². The van der Waals surface area contributed by atoms with Gasteiger partial charge in [0.2, 0.25) is 0 Å². The molecule has 2 heteroatoms. The van der Waals surface area contributed by atoms with Gasteiger partial charge in [0, 0.05) is 9.79 Å². The molecule has 2 aromatic carbocycles. The number of benzene rings is 2. The van der Waals surface area contributed by atoms with Gasteiger partial charge in [0.1, 0.15) is 5.75 Å². The molecule has 0 heterocycles. The Morgan fingerprint density at radius 2 is 1.43 bits per heavy atom. The molecular formula is C19H24OS. The molecule has 0 amide bonds. The third kappa shape index (κ3) is 6.26. The van der Waals surface area contributed by atoms with Gasteiger partial charge in [0.15, 0.2) is 0 Å². The van der Waals surface area contributed by atoms with Crippen molar-refractivity contribution in [1.82, 2.24) is 0 Å². The van der Waals surface area contributed by atoms with E-state index >= 15 is 0 Å². The molecule has 0 unspecified atom stereocenters. The summed E-state index contributed by atoms with van der Waals surface area (Å²) in [5.74, 6) is 0.975. The molecule has 2 rings (SSSR count). The molecular weight excluding hydrogens is 276 g/mol. The average Bonchev–Trinajstić information content (AvgIpc) is 2.53. The summed E-state index contributed by atoms with van der Waals surface area (Å²) in [6, 6.07) is 18.8. The summed E-state index contributed by atoms with van der Waals surface area (Å²) in [7, 11) is 0. The fourth-order valence-corrected chi connectivity index (χ4v) is 2.96. The van der Waals surface area contributed by atoms with E-state index < -0.39 is 0 Å². The molecule has 0 N–H and O–H groups in total. The van der Waals surface area contributed by atoms with Gasteiger partial charge in [-0.2, -0.15) is 0 Å². The van der Waals surface area contributed by atoms with Crippen molar-refractivity contribution in [2.75, 3.05) is 6.61 Å². The third-order valence-electron chi connectivity index (χ3n) is 3.32. The second-order valence-electron chi connectivity index (χ2n) is 5.15. The first-order valence-electron chi connectivity index (χ1n) is 7.84. The molecule has 0 aromatic heterocycles. The minimum atomic E-state index is 0.828. The lowest BCUT2D eigenvalue weighted by Gasteiger charge is -2.07. The SMILES string of the molecule is CCCCCCCOc1ccc(Sc2ccccc2)cc1. The molecule has 0 saturated carbocycles. The van der Waals surface area contributed by atoms with Crippen LogP contribution in [0.1, 0.15) is 39.0 Å². The molecule has 2 aromatic rings. The minimum Gasteiger partial charge on any atom is -0.494 e. The molecule has 0 aliphatic heterocycles. The van der Waals surface area contributed by atoms with Crippen molar-refractivity contribution in [2.24, 2.45) is 0 Å². The lowest BCUT2D eigenvalue weighted by molar-refractivity contribution is 0.304. The maximum absolute atomic E-state index is 5.78. The molecule has 0 saturated heterocycles. The minimum absolute atomic E-state index is 0.828. The van der Waals surface area contributed by atoms with Crippen molar-refractivity contribution < 1.29 is 4.74 Å². The number of hydrogen-bond acceptors (Lipinski definition) is 2. The topological polar surface area (TPSA) is 9.23 Å². The van der Waals surface area contributed by atoms with Crippen molar-refractivity contribution >= 4 is 11.8 Å². The molecule has 0 radical (unpaired) electrons. The molecule has 0 aliphatic rings. The summed E-state index contributed by atoms with van der Waals surface area (Å²) < 4.78 is 5.78. The highest BCUT2D eigenvalue weighted by molar-refractivity contribution is 7.99. The maximum Gasteiger partial charge on any atom is 0.119 e. The van der Waals surface area contributed by atoms with Crippen LogP contribution >= 0.6 is 11.8 Å². The Labute approximate surface area is 132 Å². The average molecular weight is 300 g/mol. The Hall–Kier alpha value is -1.41. The smallest absolute Gasteiger partial charge is 0.119 e. The van der Waals surface area contributed by atoms with E-state index in [2.05, 4.69) is 55.5 Å². The fourth-order valence-electron chi connectivity index (χ4n) is 2.12. The van der Waals surface area contributed by atoms with Crippen LogP contribution in [-0.4, -0.2) is 6.61 Å². The molecule has 1 nitrogen and oxygen atoms in total. The third-order valence-corrected chi connectivity index (χ3v) is 4.33. The molecule has 0 fully saturated rings. The Morgan fingerprint density at radius 3 is 2.14 bits per heavy atom. The first-order chi connectivity index (χ1) is 10.4. The Balaban J connectivity index is 1.72. The van der Waals surface area contributed by atoms with Crippen LogP contribution in [-0.2, 0) is 0 Å². The highest BCUT2D eigenvalue weighted by atomic mass is 32.2. The first-order valence-corrected chi connectivity index (χ1v) is 8.66. The highest BCUT2D eigenvalue weighted by Crippen LogP contribution is 2.28. The van der Waals surface area contributed by atoms with Crippen LogP contribution in [0.3, 0.4) is 0 Å². The van der Waals surface area contributed by atoms with Gasteiger partial charge < -0.3 is 4.74 Å². The van der Waals surface area contributed by atoms with E-state index in [0.29, 0.717) is 0 Å². The van der Waals surface area contributed by atoms with Crippen LogP contribution < -0.4 is 4.74 Å². The van der Waals surface area contributed by atoms with Crippen LogP contribution in [0.5, 0.6) is 5.75 Å². The van der Waals surface area contributed by atoms with Crippen molar-refractivity contribution in [2.45, 2.75) is 48.8 Å². The highest BCUT2D eigenvalue weighted by Gasteiger charge is 1.98.